The van der Waals surface area contributed by atoms with E-state index in [0.717, 1.165) is 5.57 Å². The lowest BCUT2D eigenvalue weighted by atomic mass is 10.2. The van der Waals surface area contributed by atoms with Crippen LogP contribution in [0.4, 0.5) is 10.5 Å². The van der Waals surface area contributed by atoms with Crippen LogP contribution < -0.4 is 10.6 Å². The van der Waals surface area contributed by atoms with Crippen molar-refractivity contribution in [3.63, 3.8) is 0 Å². The van der Waals surface area contributed by atoms with Crippen molar-refractivity contribution < 1.29 is 14.7 Å². The zero-order valence-electron chi connectivity index (χ0n) is 9.79. The number of carbonyl (C=O) groups is 2. The zero-order valence-corrected chi connectivity index (χ0v) is 11.4. The van der Waals surface area contributed by atoms with E-state index in [-0.39, 0.29) is 11.3 Å². The summed E-state index contributed by atoms with van der Waals surface area (Å²) in [4.78, 5) is 22.5. The second-order valence-corrected chi connectivity index (χ2v) is 4.68. The van der Waals surface area contributed by atoms with Crippen molar-refractivity contribution in [3.05, 3.63) is 40.4 Å². The molecule has 1 rings (SSSR count). The van der Waals surface area contributed by atoms with E-state index in [4.69, 9.17) is 5.11 Å². The van der Waals surface area contributed by atoms with Gasteiger partial charge in [-0.25, -0.2) is 9.59 Å². The average Bonchev–Trinajstić information content (AvgIpc) is 2.28. The van der Waals surface area contributed by atoms with Gasteiger partial charge in [-0.2, -0.15) is 0 Å². The summed E-state index contributed by atoms with van der Waals surface area (Å²) >= 11 is 3.18. The van der Waals surface area contributed by atoms with Crippen molar-refractivity contribution >= 4 is 33.6 Å². The van der Waals surface area contributed by atoms with Gasteiger partial charge in [-0.1, -0.05) is 28.1 Å². The molecule has 1 aromatic carbocycles. The highest BCUT2D eigenvalue weighted by molar-refractivity contribution is 9.10. The molecule has 0 aromatic heterocycles. The summed E-state index contributed by atoms with van der Waals surface area (Å²) < 4.78 is 0.632. The van der Waals surface area contributed by atoms with E-state index >= 15 is 0 Å². The van der Waals surface area contributed by atoms with E-state index < -0.39 is 12.0 Å². The monoisotopic (exact) mass is 312 g/mol. The molecule has 0 saturated carbocycles. The number of anilines is 1. The van der Waals surface area contributed by atoms with Crippen molar-refractivity contribution in [1.29, 1.82) is 0 Å². The molecule has 0 aliphatic heterocycles. The summed E-state index contributed by atoms with van der Waals surface area (Å²) in [6, 6.07) is 4.13. The fourth-order valence-corrected chi connectivity index (χ4v) is 1.56. The largest absolute Gasteiger partial charge is 0.478 e. The first-order valence-electron chi connectivity index (χ1n) is 5.12. The van der Waals surface area contributed by atoms with Crippen molar-refractivity contribution in [2.75, 3.05) is 11.9 Å². The first kappa shape index (κ1) is 14.2. The number of hydrogen-bond donors (Lipinski definition) is 3. The third-order valence-electron chi connectivity index (χ3n) is 2.01. The molecular formula is C12H13BrN2O3. The van der Waals surface area contributed by atoms with Gasteiger partial charge < -0.3 is 15.7 Å². The van der Waals surface area contributed by atoms with Gasteiger partial charge in [0.05, 0.1) is 11.3 Å². The predicted molar refractivity (Wildman–Crippen MR) is 72.9 cm³/mol. The van der Waals surface area contributed by atoms with Gasteiger partial charge in [-0.05, 0) is 25.1 Å². The van der Waals surface area contributed by atoms with Gasteiger partial charge in [0, 0.05) is 11.0 Å². The SMILES string of the molecule is C=C(C)CNC(=O)Nc1ccc(Br)cc1C(=O)O. The number of benzene rings is 1. The molecule has 0 aliphatic rings. The Labute approximate surface area is 113 Å². The molecule has 2 amide bonds. The van der Waals surface area contributed by atoms with E-state index in [1.165, 1.54) is 12.1 Å². The van der Waals surface area contributed by atoms with Gasteiger partial charge in [0.2, 0.25) is 0 Å². The molecule has 3 N–H and O–H groups in total. The molecule has 6 heteroatoms. The smallest absolute Gasteiger partial charge is 0.337 e. The summed E-state index contributed by atoms with van der Waals surface area (Å²) in [6.07, 6.45) is 0. The maximum absolute atomic E-state index is 11.5. The minimum Gasteiger partial charge on any atom is -0.478 e. The number of carboxylic acid groups (broad SMARTS) is 1. The summed E-state index contributed by atoms with van der Waals surface area (Å²) in [5.41, 5.74) is 1.07. The standard InChI is InChI=1S/C12H13BrN2O3/c1-7(2)6-14-12(18)15-10-4-3-8(13)5-9(10)11(16)17/h3-5H,1,6H2,2H3,(H,16,17)(H2,14,15,18). The number of hydrogen-bond acceptors (Lipinski definition) is 2. The summed E-state index contributed by atoms with van der Waals surface area (Å²) in [5, 5.41) is 14.1. The molecule has 1 aromatic rings. The lowest BCUT2D eigenvalue weighted by molar-refractivity contribution is 0.0698. The highest BCUT2D eigenvalue weighted by Crippen LogP contribution is 2.21. The minimum absolute atomic E-state index is 0.0230. The van der Waals surface area contributed by atoms with Crippen molar-refractivity contribution in [1.82, 2.24) is 5.32 Å². The van der Waals surface area contributed by atoms with E-state index in [9.17, 15) is 9.59 Å². The van der Waals surface area contributed by atoms with Crippen LogP contribution in [0.1, 0.15) is 17.3 Å². The maximum Gasteiger partial charge on any atom is 0.337 e. The van der Waals surface area contributed by atoms with Gasteiger partial charge in [0.15, 0.2) is 0 Å². The average molecular weight is 313 g/mol. The third kappa shape index (κ3) is 4.21. The minimum atomic E-state index is -1.11. The number of nitrogens with one attached hydrogen (secondary N) is 2. The van der Waals surface area contributed by atoms with Crippen molar-refractivity contribution in [3.8, 4) is 0 Å². The fourth-order valence-electron chi connectivity index (χ4n) is 1.20. The molecule has 96 valence electrons. The molecule has 0 bridgehead atoms. The van der Waals surface area contributed by atoms with Gasteiger partial charge in [-0.15, -0.1) is 0 Å². The number of rotatable bonds is 4. The zero-order chi connectivity index (χ0) is 13.7. The van der Waals surface area contributed by atoms with E-state index in [1.54, 1.807) is 13.0 Å². The van der Waals surface area contributed by atoms with Crippen LogP contribution in [0, 0.1) is 0 Å². The number of amides is 2. The second-order valence-electron chi connectivity index (χ2n) is 3.76. The highest BCUT2D eigenvalue weighted by atomic mass is 79.9. The Bertz CT molecular complexity index is 500. The van der Waals surface area contributed by atoms with Crippen LogP contribution in [0.15, 0.2) is 34.8 Å². The van der Waals surface area contributed by atoms with Crippen LogP contribution in [-0.4, -0.2) is 23.7 Å². The second kappa shape index (κ2) is 6.20. The summed E-state index contributed by atoms with van der Waals surface area (Å²) in [7, 11) is 0. The number of urea groups is 1. The molecule has 0 spiro atoms. The molecule has 0 radical (unpaired) electrons. The predicted octanol–water partition coefficient (Wildman–Crippen LogP) is 2.84. The van der Waals surface area contributed by atoms with Crippen LogP contribution in [-0.2, 0) is 0 Å². The Hall–Kier alpha value is -1.82. The first-order valence-corrected chi connectivity index (χ1v) is 5.91. The Morgan fingerprint density at radius 1 is 1.44 bits per heavy atom. The molecular weight excluding hydrogens is 300 g/mol. The summed E-state index contributed by atoms with van der Waals surface area (Å²) in [5.74, 6) is -1.11. The lowest BCUT2D eigenvalue weighted by Gasteiger charge is -2.10. The Kier molecular flexibility index (Phi) is 4.91. The molecule has 0 saturated heterocycles. The maximum atomic E-state index is 11.5. The molecule has 0 atom stereocenters. The van der Waals surface area contributed by atoms with Gasteiger partial charge >= 0.3 is 12.0 Å². The Morgan fingerprint density at radius 3 is 2.67 bits per heavy atom. The van der Waals surface area contributed by atoms with E-state index in [2.05, 4.69) is 33.1 Å². The number of aromatic carboxylic acids is 1. The van der Waals surface area contributed by atoms with Gasteiger partial charge in [0.25, 0.3) is 0 Å². The molecule has 0 heterocycles. The van der Waals surface area contributed by atoms with Gasteiger partial charge in [0.1, 0.15) is 0 Å². The third-order valence-corrected chi connectivity index (χ3v) is 2.50. The number of halogens is 1. The van der Waals surface area contributed by atoms with Crippen LogP contribution >= 0.6 is 15.9 Å². The fraction of sp³-hybridized carbons (Fsp3) is 0.167. The van der Waals surface area contributed by atoms with Crippen LogP contribution in [0.5, 0.6) is 0 Å². The molecule has 0 unspecified atom stereocenters. The quantitative estimate of drug-likeness (QED) is 0.748. The van der Waals surface area contributed by atoms with Crippen LogP contribution in [0.3, 0.4) is 0 Å². The van der Waals surface area contributed by atoms with E-state index in [0.29, 0.717) is 11.0 Å². The first-order chi connectivity index (χ1) is 8.40. The number of carboxylic acids is 1. The molecule has 0 aliphatic carbocycles. The number of carbonyl (C=O) groups excluding carboxylic acids is 1. The Morgan fingerprint density at radius 2 is 2.11 bits per heavy atom. The molecule has 18 heavy (non-hydrogen) atoms. The van der Waals surface area contributed by atoms with Crippen LogP contribution in [0.2, 0.25) is 0 Å². The normalized spacial score (nSPS) is 9.67. The Balaban J connectivity index is 2.81. The van der Waals surface area contributed by atoms with Crippen LogP contribution in [0.25, 0.3) is 0 Å². The van der Waals surface area contributed by atoms with Crippen molar-refractivity contribution in [2.45, 2.75) is 6.92 Å². The lowest BCUT2D eigenvalue weighted by Crippen LogP contribution is -2.30. The van der Waals surface area contributed by atoms with Gasteiger partial charge in [-0.3, -0.25) is 0 Å². The van der Waals surface area contributed by atoms with Crippen molar-refractivity contribution in [2.24, 2.45) is 0 Å². The van der Waals surface area contributed by atoms with E-state index in [1.807, 2.05) is 0 Å². The topological polar surface area (TPSA) is 78.4 Å². The molecule has 5 nitrogen and oxygen atoms in total. The highest BCUT2D eigenvalue weighted by Gasteiger charge is 2.12. The summed E-state index contributed by atoms with van der Waals surface area (Å²) in [6.45, 7) is 5.77. The molecule has 0 fully saturated rings.